The van der Waals surface area contributed by atoms with Gasteiger partial charge in [-0.15, -0.1) is 0 Å². The van der Waals surface area contributed by atoms with Crippen molar-refractivity contribution in [1.82, 2.24) is 0 Å². The lowest BCUT2D eigenvalue weighted by atomic mass is 9.54. The summed E-state index contributed by atoms with van der Waals surface area (Å²) in [5.41, 5.74) is 1.03. The minimum Gasteiger partial charge on any atom is -0.458 e. The molecule has 1 saturated heterocycles. The van der Waals surface area contributed by atoms with Gasteiger partial charge in [-0.05, 0) is 25.2 Å². The predicted octanol–water partition coefficient (Wildman–Crippen LogP) is 1.18. The van der Waals surface area contributed by atoms with Gasteiger partial charge in [0.15, 0.2) is 0 Å². The van der Waals surface area contributed by atoms with Crippen LogP contribution in [0.4, 0.5) is 0 Å². The average Bonchev–Trinajstić information content (AvgIpc) is 2.60. The van der Waals surface area contributed by atoms with Crippen LogP contribution in [-0.4, -0.2) is 34.5 Å². The fourth-order valence-corrected chi connectivity index (χ4v) is 4.17. The second-order valence-electron chi connectivity index (χ2n) is 6.45. The number of aliphatic hydroxyl groups excluding tert-OH is 2. The van der Waals surface area contributed by atoms with Gasteiger partial charge in [0.1, 0.15) is 6.10 Å². The second kappa shape index (κ2) is 3.93. The number of aliphatic hydroxyl groups is 2. The summed E-state index contributed by atoms with van der Waals surface area (Å²) >= 11 is 0. The van der Waals surface area contributed by atoms with Crippen LogP contribution >= 0.6 is 0 Å². The first-order valence-electron chi connectivity index (χ1n) is 6.78. The number of ether oxygens (including phenoxy) is 1. The van der Waals surface area contributed by atoms with E-state index in [4.69, 9.17) is 4.74 Å². The molecular formula is C15H20O4. The molecular weight excluding hydrogens is 244 g/mol. The smallest absolute Gasteiger partial charge is 0.334 e. The molecule has 3 rings (SSSR count). The van der Waals surface area contributed by atoms with E-state index in [0.29, 0.717) is 18.4 Å². The zero-order valence-electron chi connectivity index (χ0n) is 11.1. The van der Waals surface area contributed by atoms with Crippen LogP contribution in [0.1, 0.15) is 26.2 Å². The summed E-state index contributed by atoms with van der Waals surface area (Å²) in [6.45, 7) is 9.84. The first-order valence-corrected chi connectivity index (χ1v) is 6.78. The maximum absolute atomic E-state index is 11.6. The van der Waals surface area contributed by atoms with Gasteiger partial charge in [0.25, 0.3) is 0 Å². The molecule has 0 aromatic carbocycles. The first kappa shape index (κ1) is 12.9. The van der Waals surface area contributed by atoms with E-state index in [0.717, 1.165) is 12.0 Å². The summed E-state index contributed by atoms with van der Waals surface area (Å²) in [7, 11) is 0. The molecule has 2 N–H and O–H groups in total. The van der Waals surface area contributed by atoms with E-state index >= 15 is 0 Å². The molecule has 3 fully saturated rings. The molecule has 0 bridgehead atoms. The van der Waals surface area contributed by atoms with Crippen LogP contribution in [-0.2, 0) is 9.53 Å². The van der Waals surface area contributed by atoms with Crippen LogP contribution in [0, 0.1) is 17.3 Å². The van der Waals surface area contributed by atoms with Crippen molar-refractivity contribution in [2.45, 2.75) is 44.5 Å². The lowest BCUT2D eigenvalue weighted by molar-refractivity contribution is -0.154. The van der Waals surface area contributed by atoms with Crippen molar-refractivity contribution in [3.63, 3.8) is 0 Å². The summed E-state index contributed by atoms with van der Waals surface area (Å²) in [6, 6.07) is 0. The van der Waals surface area contributed by atoms with E-state index in [1.54, 1.807) is 0 Å². The van der Waals surface area contributed by atoms with E-state index in [1.165, 1.54) is 0 Å². The van der Waals surface area contributed by atoms with Crippen molar-refractivity contribution >= 4 is 5.97 Å². The zero-order valence-corrected chi connectivity index (χ0v) is 11.1. The summed E-state index contributed by atoms with van der Waals surface area (Å²) in [6.07, 6.45) is -0.0604. The van der Waals surface area contributed by atoms with Crippen LogP contribution in [0.3, 0.4) is 0 Å². The Kier molecular flexibility index (Phi) is 2.67. The fourth-order valence-electron chi connectivity index (χ4n) is 4.17. The Labute approximate surface area is 112 Å². The largest absolute Gasteiger partial charge is 0.458 e. The molecule has 19 heavy (non-hydrogen) atoms. The van der Waals surface area contributed by atoms with Gasteiger partial charge in [-0.2, -0.15) is 0 Å². The molecule has 2 aliphatic carbocycles. The highest BCUT2D eigenvalue weighted by molar-refractivity contribution is 5.90. The lowest BCUT2D eigenvalue weighted by Crippen LogP contribution is -2.55. The van der Waals surface area contributed by atoms with E-state index in [1.807, 2.05) is 6.92 Å². The minimum absolute atomic E-state index is 0.0322. The minimum atomic E-state index is -0.795. The number of carbonyl (C=O) groups is 1. The highest BCUT2D eigenvalue weighted by Gasteiger charge is 2.57. The first-order chi connectivity index (χ1) is 8.84. The van der Waals surface area contributed by atoms with Crippen LogP contribution in [0.5, 0.6) is 0 Å². The number of hydrogen-bond donors (Lipinski definition) is 2. The Hall–Kier alpha value is -1.13. The monoisotopic (exact) mass is 264 g/mol. The Morgan fingerprint density at radius 2 is 2.05 bits per heavy atom. The van der Waals surface area contributed by atoms with Crippen LogP contribution < -0.4 is 0 Å². The Bertz CT molecular complexity index is 469. The fraction of sp³-hybridized carbons (Fsp3) is 0.667. The normalized spacial score (nSPS) is 49.6. The van der Waals surface area contributed by atoms with Crippen molar-refractivity contribution in [3.05, 3.63) is 24.3 Å². The molecule has 4 nitrogen and oxygen atoms in total. The van der Waals surface area contributed by atoms with E-state index in [-0.39, 0.29) is 23.9 Å². The molecule has 0 aromatic heterocycles. The molecule has 0 amide bonds. The van der Waals surface area contributed by atoms with Crippen molar-refractivity contribution in [1.29, 1.82) is 0 Å². The van der Waals surface area contributed by atoms with Gasteiger partial charge in [-0.1, -0.05) is 25.7 Å². The second-order valence-corrected chi connectivity index (χ2v) is 6.45. The van der Waals surface area contributed by atoms with Gasteiger partial charge in [-0.3, -0.25) is 0 Å². The molecule has 0 radical (unpaired) electrons. The van der Waals surface area contributed by atoms with Crippen LogP contribution in [0.2, 0.25) is 0 Å². The van der Waals surface area contributed by atoms with Gasteiger partial charge < -0.3 is 14.9 Å². The standard InChI is InChI=1S/C15H20O4/c1-7-4-11(16)13(17)15(3)6-12-9(5-10(7)15)8(2)14(18)19-12/h9-13,16-17H,1-2,4-6H2,3H3/t9?,10?,11-,12?,13+,15+/m0/s1. The summed E-state index contributed by atoms with van der Waals surface area (Å²) in [4.78, 5) is 11.6. The number of esters is 1. The Morgan fingerprint density at radius 1 is 1.37 bits per heavy atom. The molecule has 3 unspecified atom stereocenters. The van der Waals surface area contributed by atoms with Crippen molar-refractivity contribution in [2.75, 3.05) is 0 Å². The van der Waals surface area contributed by atoms with E-state index in [2.05, 4.69) is 13.2 Å². The molecule has 0 aromatic rings. The van der Waals surface area contributed by atoms with Crippen LogP contribution in [0.25, 0.3) is 0 Å². The van der Waals surface area contributed by atoms with Gasteiger partial charge in [0.2, 0.25) is 0 Å². The SMILES string of the molecule is C=C1C(=O)OC2C[C@]3(C)C(CC12)C(=C)C[C@H](O)[C@H]3O. The molecule has 6 atom stereocenters. The van der Waals surface area contributed by atoms with E-state index in [9.17, 15) is 15.0 Å². The third-order valence-corrected chi connectivity index (χ3v) is 5.35. The summed E-state index contributed by atoms with van der Waals surface area (Å²) in [5, 5.41) is 20.3. The van der Waals surface area contributed by atoms with Crippen molar-refractivity contribution in [3.8, 4) is 0 Å². The molecule has 1 heterocycles. The zero-order chi connectivity index (χ0) is 13.9. The molecule has 0 spiro atoms. The molecule has 3 aliphatic rings. The topological polar surface area (TPSA) is 66.8 Å². The van der Waals surface area contributed by atoms with Gasteiger partial charge in [0.05, 0.1) is 12.2 Å². The van der Waals surface area contributed by atoms with Gasteiger partial charge in [-0.25, -0.2) is 4.79 Å². The van der Waals surface area contributed by atoms with Crippen molar-refractivity contribution in [2.24, 2.45) is 17.3 Å². The third-order valence-electron chi connectivity index (χ3n) is 5.35. The summed E-state index contributed by atoms with van der Waals surface area (Å²) in [5.74, 6) is -0.180. The number of fused-ring (bicyclic) bond motifs is 2. The Balaban J connectivity index is 1.95. The number of rotatable bonds is 0. The van der Waals surface area contributed by atoms with Gasteiger partial charge >= 0.3 is 5.97 Å². The highest BCUT2D eigenvalue weighted by Crippen LogP contribution is 2.56. The number of hydrogen-bond acceptors (Lipinski definition) is 4. The maximum Gasteiger partial charge on any atom is 0.334 e. The highest BCUT2D eigenvalue weighted by atomic mass is 16.6. The molecule has 2 saturated carbocycles. The number of carbonyl (C=O) groups excluding carboxylic acids is 1. The van der Waals surface area contributed by atoms with Crippen LogP contribution in [0.15, 0.2) is 24.3 Å². The summed E-state index contributed by atoms with van der Waals surface area (Å²) < 4.78 is 5.35. The quantitative estimate of drug-likeness (QED) is 0.392. The third kappa shape index (κ3) is 1.63. The molecule has 1 aliphatic heterocycles. The van der Waals surface area contributed by atoms with E-state index < -0.39 is 17.6 Å². The Morgan fingerprint density at radius 3 is 2.74 bits per heavy atom. The van der Waals surface area contributed by atoms with Crippen molar-refractivity contribution < 1.29 is 19.7 Å². The molecule has 104 valence electrons. The maximum atomic E-state index is 11.6. The van der Waals surface area contributed by atoms with Gasteiger partial charge in [0, 0.05) is 16.9 Å². The lowest BCUT2D eigenvalue weighted by Gasteiger charge is -2.53. The average molecular weight is 264 g/mol. The molecule has 4 heteroatoms. The predicted molar refractivity (Wildman–Crippen MR) is 69.1 cm³/mol.